The third-order valence-corrected chi connectivity index (χ3v) is 6.15. The fourth-order valence-electron chi connectivity index (χ4n) is 4.27. The van der Waals surface area contributed by atoms with Gasteiger partial charge in [-0.3, -0.25) is 9.59 Å². The van der Waals surface area contributed by atoms with Gasteiger partial charge in [0.05, 0.1) is 0 Å². The molecular weight excluding hydrogens is 296 g/mol. The summed E-state index contributed by atoms with van der Waals surface area (Å²) in [5.41, 5.74) is 10.2. The smallest absolute Gasteiger partial charge is 0.234 e. The van der Waals surface area contributed by atoms with Gasteiger partial charge in [0, 0.05) is 11.1 Å². The maximum atomic E-state index is 12.8. The van der Waals surface area contributed by atoms with Gasteiger partial charge in [-0.1, -0.05) is 0 Å². The number of carbonyl (C=O) groups excluding carboxylic acids is 2. The van der Waals surface area contributed by atoms with Gasteiger partial charge in [-0.15, -0.1) is 0 Å². The summed E-state index contributed by atoms with van der Waals surface area (Å²) in [7, 11) is 0. The molecule has 0 saturated carbocycles. The standard InChI is InChI=1S/C22H24O2/c1-9-10(2)12(4)18-16(8)20-19(15(7)17(18)11(9)3)13(5)14(6)21(23)22(20)24/h1-8H3. The number of hydrogen-bond donors (Lipinski definition) is 0. The molecule has 0 aliphatic heterocycles. The van der Waals surface area contributed by atoms with E-state index in [0.29, 0.717) is 11.1 Å². The second-order valence-corrected chi connectivity index (χ2v) is 7.16. The Hall–Kier alpha value is -2.22. The Morgan fingerprint density at radius 1 is 0.417 bits per heavy atom. The molecule has 0 N–H and O–H groups in total. The number of rotatable bonds is 0. The molecular formula is C22H24O2. The molecule has 0 amide bonds. The Kier molecular flexibility index (Phi) is 3.56. The zero-order valence-electron chi connectivity index (χ0n) is 15.8. The summed E-state index contributed by atoms with van der Waals surface area (Å²) in [5.74, 6) is -0.717. The molecule has 0 unspecified atom stereocenters. The van der Waals surface area contributed by atoms with Gasteiger partial charge in [-0.05, 0) is 111 Å². The van der Waals surface area contributed by atoms with Gasteiger partial charge in [-0.2, -0.15) is 0 Å². The summed E-state index contributed by atoms with van der Waals surface area (Å²) in [6.07, 6.45) is 0. The van der Waals surface area contributed by atoms with Crippen molar-refractivity contribution in [1.29, 1.82) is 0 Å². The Morgan fingerprint density at radius 3 is 1.29 bits per heavy atom. The molecule has 0 atom stereocenters. The van der Waals surface area contributed by atoms with Crippen LogP contribution in [0.4, 0.5) is 0 Å². The first kappa shape index (κ1) is 16.6. The van der Waals surface area contributed by atoms with Crippen molar-refractivity contribution in [2.24, 2.45) is 0 Å². The Morgan fingerprint density at radius 2 is 0.833 bits per heavy atom. The molecule has 0 fully saturated rings. The molecule has 2 nitrogen and oxygen atoms in total. The van der Waals surface area contributed by atoms with E-state index in [1.165, 1.54) is 27.6 Å². The highest BCUT2D eigenvalue weighted by molar-refractivity contribution is 6.53. The molecule has 3 rings (SSSR count). The SMILES string of the molecule is CC1=C(C)c2c(c(C)c3c(C)c(C)c(C)c(C)c3c2C)C(=O)C1=O. The van der Waals surface area contributed by atoms with Gasteiger partial charge < -0.3 is 0 Å². The van der Waals surface area contributed by atoms with E-state index in [-0.39, 0.29) is 11.6 Å². The highest BCUT2D eigenvalue weighted by Gasteiger charge is 2.33. The van der Waals surface area contributed by atoms with Crippen LogP contribution in [0.1, 0.15) is 63.1 Å². The van der Waals surface area contributed by atoms with Gasteiger partial charge in [0.1, 0.15) is 0 Å². The number of ketones is 2. The molecule has 0 bridgehead atoms. The van der Waals surface area contributed by atoms with E-state index in [1.54, 1.807) is 6.92 Å². The first-order valence-corrected chi connectivity index (χ1v) is 8.41. The number of fused-ring (bicyclic) bond motifs is 2. The van der Waals surface area contributed by atoms with E-state index < -0.39 is 0 Å². The van der Waals surface area contributed by atoms with Crippen molar-refractivity contribution in [1.82, 2.24) is 0 Å². The number of aryl methyl sites for hydroxylation is 4. The molecule has 2 heteroatoms. The number of allylic oxidation sites excluding steroid dienone is 2. The van der Waals surface area contributed by atoms with Gasteiger partial charge in [0.15, 0.2) is 0 Å². The number of Topliss-reactive ketones (excluding diaryl/α,β-unsaturated/α-hetero) is 2. The third-order valence-electron chi connectivity index (χ3n) is 6.15. The van der Waals surface area contributed by atoms with Crippen LogP contribution in [-0.4, -0.2) is 11.6 Å². The van der Waals surface area contributed by atoms with Crippen LogP contribution in [0.15, 0.2) is 5.57 Å². The minimum absolute atomic E-state index is 0.356. The van der Waals surface area contributed by atoms with E-state index in [2.05, 4.69) is 34.6 Å². The normalized spacial score (nSPS) is 14.7. The monoisotopic (exact) mass is 320 g/mol. The zero-order valence-corrected chi connectivity index (χ0v) is 15.8. The van der Waals surface area contributed by atoms with Crippen LogP contribution in [0.25, 0.3) is 16.3 Å². The molecule has 2 aromatic rings. The molecule has 0 saturated heterocycles. The summed E-state index contributed by atoms with van der Waals surface area (Å²) < 4.78 is 0. The fourth-order valence-corrected chi connectivity index (χ4v) is 4.27. The summed E-state index contributed by atoms with van der Waals surface area (Å²) in [6.45, 7) is 16.4. The van der Waals surface area contributed by atoms with Gasteiger partial charge in [-0.25, -0.2) is 0 Å². The third kappa shape index (κ3) is 1.83. The van der Waals surface area contributed by atoms with Gasteiger partial charge in [0.2, 0.25) is 11.6 Å². The van der Waals surface area contributed by atoms with Crippen LogP contribution in [-0.2, 0) is 4.79 Å². The van der Waals surface area contributed by atoms with Crippen molar-refractivity contribution < 1.29 is 9.59 Å². The molecule has 24 heavy (non-hydrogen) atoms. The van der Waals surface area contributed by atoms with Crippen molar-refractivity contribution in [3.8, 4) is 0 Å². The van der Waals surface area contributed by atoms with Crippen LogP contribution >= 0.6 is 0 Å². The highest BCUT2D eigenvalue weighted by atomic mass is 16.2. The average molecular weight is 320 g/mol. The molecule has 1 aliphatic rings. The average Bonchev–Trinajstić information content (AvgIpc) is 2.55. The fraction of sp³-hybridized carbons (Fsp3) is 0.364. The van der Waals surface area contributed by atoms with Crippen molar-refractivity contribution in [2.75, 3.05) is 0 Å². The maximum Gasteiger partial charge on any atom is 0.234 e. The first-order chi connectivity index (χ1) is 11.1. The number of carbonyl (C=O) groups is 2. The number of hydrogen-bond acceptors (Lipinski definition) is 2. The van der Waals surface area contributed by atoms with Crippen LogP contribution in [0.3, 0.4) is 0 Å². The van der Waals surface area contributed by atoms with E-state index in [9.17, 15) is 9.59 Å². The van der Waals surface area contributed by atoms with Crippen LogP contribution in [0.5, 0.6) is 0 Å². The lowest BCUT2D eigenvalue weighted by Gasteiger charge is -2.26. The molecule has 1 aliphatic carbocycles. The van der Waals surface area contributed by atoms with E-state index in [1.807, 2.05) is 13.8 Å². The largest absolute Gasteiger partial charge is 0.285 e. The van der Waals surface area contributed by atoms with Crippen LogP contribution in [0.2, 0.25) is 0 Å². The second kappa shape index (κ2) is 5.14. The zero-order chi connectivity index (χ0) is 18.1. The summed E-state index contributed by atoms with van der Waals surface area (Å²) in [5, 5.41) is 2.38. The highest BCUT2D eigenvalue weighted by Crippen LogP contribution is 2.42. The quantitative estimate of drug-likeness (QED) is 0.621. The lowest BCUT2D eigenvalue weighted by Crippen LogP contribution is -2.24. The van der Waals surface area contributed by atoms with Gasteiger partial charge >= 0.3 is 0 Å². The number of benzene rings is 2. The van der Waals surface area contributed by atoms with Gasteiger partial charge in [0.25, 0.3) is 0 Å². The van der Waals surface area contributed by atoms with Crippen molar-refractivity contribution in [3.63, 3.8) is 0 Å². The molecule has 0 radical (unpaired) electrons. The van der Waals surface area contributed by atoms with E-state index in [4.69, 9.17) is 0 Å². The lowest BCUT2D eigenvalue weighted by molar-refractivity contribution is -0.111. The van der Waals surface area contributed by atoms with Crippen molar-refractivity contribution in [2.45, 2.75) is 55.4 Å². The summed E-state index contributed by atoms with van der Waals surface area (Å²) in [6, 6.07) is 0. The van der Waals surface area contributed by atoms with Crippen LogP contribution in [0, 0.1) is 41.5 Å². The molecule has 0 aromatic heterocycles. The summed E-state index contributed by atoms with van der Waals surface area (Å²) in [4.78, 5) is 25.1. The second-order valence-electron chi connectivity index (χ2n) is 7.16. The predicted octanol–water partition coefficient (Wildman–Crippen LogP) is 5.25. The van der Waals surface area contributed by atoms with Crippen molar-refractivity contribution >= 4 is 27.9 Å². The molecule has 124 valence electrons. The Balaban J connectivity index is 2.70. The minimum Gasteiger partial charge on any atom is -0.285 e. The molecule has 2 aromatic carbocycles. The summed E-state index contributed by atoms with van der Waals surface area (Å²) >= 11 is 0. The topological polar surface area (TPSA) is 34.1 Å². The maximum absolute atomic E-state index is 12.8. The Labute approximate surface area is 143 Å². The lowest BCUT2D eigenvalue weighted by atomic mass is 9.76. The van der Waals surface area contributed by atoms with Crippen molar-refractivity contribution in [3.05, 3.63) is 50.1 Å². The first-order valence-electron chi connectivity index (χ1n) is 8.41. The van der Waals surface area contributed by atoms with E-state index >= 15 is 0 Å². The molecule has 0 spiro atoms. The Bertz CT molecular complexity index is 1000. The molecule has 0 heterocycles. The minimum atomic E-state index is -0.361. The van der Waals surface area contributed by atoms with Crippen LogP contribution < -0.4 is 0 Å². The predicted molar refractivity (Wildman–Crippen MR) is 100.0 cm³/mol. The van der Waals surface area contributed by atoms with E-state index in [0.717, 1.165) is 27.6 Å².